The lowest BCUT2D eigenvalue weighted by Crippen LogP contribution is -2.65. The van der Waals surface area contributed by atoms with E-state index >= 15 is 0 Å². The Morgan fingerprint density at radius 1 is 0.474 bits per heavy atom. The van der Waals surface area contributed by atoms with E-state index in [-0.39, 0.29) is 18.9 Å². The normalized spacial score (nSPS) is 25.2. The van der Waals surface area contributed by atoms with Crippen LogP contribution in [-0.2, 0) is 23.7 Å². The minimum absolute atomic E-state index is 0.228. The van der Waals surface area contributed by atoms with Gasteiger partial charge in [0.15, 0.2) is 12.6 Å². The van der Waals surface area contributed by atoms with E-state index in [2.05, 4.69) is 104 Å². The Balaban J connectivity index is 1.75. The molecule has 2 fully saturated rings. The number of nitrogens with one attached hydrogen (secondary N) is 1. The Morgan fingerprint density at radius 2 is 0.885 bits per heavy atom. The number of unbranched alkanes of at least 4 members (excludes halogenated alkanes) is 21. The van der Waals surface area contributed by atoms with Crippen molar-refractivity contribution in [3.8, 4) is 0 Å². The largest absolute Gasteiger partial charge is 0.394 e. The third kappa shape index (κ3) is 33.8. The minimum atomic E-state index is -1.79. The molecule has 450 valence electrons. The first-order valence-corrected chi connectivity index (χ1v) is 30.8. The number of aliphatic hydroxyl groups excluding tert-OH is 8. The molecule has 2 aliphatic rings. The average Bonchev–Trinajstić information content (AvgIpc) is 3.44. The molecule has 0 aromatic heterocycles. The van der Waals surface area contributed by atoms with Crippen molar-refractivity contribution in [3.63, 3.8) is 0 Å². The predicted molar refractivity (Wildman–Crippen MR) is 313 cm³/mol. The van der Waals surface area contributed by atoms with Crippen molar-refractivity contribution in [2.75, 3.05) is 19.8 Å². The predicted octanol–water partition coefficient (Wildman–Crippen LogP) is 10.9. The Hall–Kier alpha value is -2.83. The van der Waals surface area contributed by atoms with E-state index in [1.165, 1.54) is 83.5 Å². The molecule has 9 N–H and O–H groups in total. The summed E-state index contributed by atoms with van der Waals surface area (Å²) in [5.41, 5.74) is 0. The summed E-state index contributed by atoms with van der Waals surface area (Å²) in [6, 6.07) is -0.845. The highest BCUT2D eigenvalue weighted by Crippen LogP contribution is 2.30. The van der Waals surface area contributed by atoms with Crippen molar-refractivity contribution in [2.24, 2.45) is 0 Å². The van der Waals surface area contributed by atoms with Crippen LogP contribution in [0.4, 0.5) is 0 Å². The lowest BCUT2D eigenvalue weighted by Gasteiger charge is -2.46. The fraction of sp³-hybridized carbons (Fsp3) is 0.766. The van der Waals surface area contributed by atoms with Crippen molar-refractivity contribution in [3.05, 3.63) is 85.1 Å². The van der Waals surface area contributed by atoms with Gasteiger partial charge in [-0.25, -0.2) is 0 Å². The van der Waals surface area contributed by atoms with Crippen molar-refractivity contribution in [1.82, 2.24) is 5.32 Å². The molecule has 2 heterocycles. The van der Waals surface area contributed by atoms with Crippen molar-refractivity contribution < 1.29 is 64.6 Å². The van der Waals surface area contributed by atoms with Gasteiger partial charge >= 0.3 is 0 Å². The number of hydrogen-bond acceptors (Lipinski definition) is 13. The van der Waals surface area contributed by atoms with E-state index in [4.69, 9.17) is 18.9 Å². The molecule has 2 saturated heterocycles. The quantitative estimate of drug-likeness (QED) is 0.0204. The lowest BCUT2D eigenvalue weighted by atomic mass is 9.97. The van der Waals surface area contributed by atoms with Crippen LogP contribution in [0.2, 0.25) is 0 Å². The Morgan fingerprint density at radius 3 is 1.36 bits per heavy atom. The molecular formula is C64H111NO13. The summed E-state index contributed by atoms with van der Waals surface area (Å²) in [5, 5.41) is 87.3. The van der Waals surface area contributed by atoms with Crippen LogP contribution in [0.15, 0.2) is 85.1 Å². The first-order valence-electron chi connectivity index (χ1n) is 30.8. The number of carbonyl (C=O) groups is 1. The maximum Gasteiger partial charge on any atom is 0.220 e. The molecule has 0 bridgehead atoms. The van der Waals surface area contributed by atoms with E-state index in [0.29, 0.717) is 12.8 Å². The molecule has 0 aromatic rings. The van der Waals surface area contributed by atoms with E-state index < -0.39 is 86.8 Å². The zero-order chi connectivity index (χ0) is 56.7. The van der Waals surface area contributed by atoms with E-state index in [1.54, 1.807) is 0 Å². The molecular weight excluding hydrogens is 991 g/mol. The van der Waals surface area contributed by atoms with Gasteiger partial charge in [0.25, 0.3) is 0 Å². The average molecular weight is 1100 g/mol. The second kappa shape index (κ2) is 48.8. The van der Waals surface area contributed by atoms with Crippen LogP contribution in [0.3, 0.4) is 0 Å². The molecule has 0 radical (unpaired) electrons. The van der Waals surface area contributed by atoms with Crippen LogP contribution >= 0.6 is 0 Å². The Labute approximate surface area is 471 Å². The van der Waals surface area contributed by atoms with E-state index in [9.17, 15) is 45.6 Å². The van der Waals surface area contributed by atoms with Gasteiger partial charge in [-0.05, 0) is 70.6 Å². The molecule has 12 unspecified atom stereocenters. The first kappa shape index (κ1) is 71.3. The highest BCUT2D eigenvalue weighted by Gasteiger charge is 2.51. The van der Waals surface area contributed by atoms with Gasteiger partial charge in [-0.15, -0.1) is 0 Å². The Bertz CT molecular complexity index is 1630. The zero-order valence-electron chi connectivity index (χ0n) is 48.4. The van der Waals surface area contributed by atoms with Gasteiger partial charge < -0.3 is 65.1 Å². The summed E-state index contributed by atoms with van der Waals surface area (Å²) in [4.78, 5) is 13.3. The molecule has 2 aliphatic heterocycles. The fourth-order valence-corrected chi connectivity index (χ4v) is 9.69. The number of carbonyl (C=O) groups excluding carboxylic acids is 1. The van der Waals surface area contributed by atoms with Gasteiger partial charge in [0.1, 0.15) is 48.8 Å². The molecule has 0 spiro atoms. The molecule has 14 heteroatoms. The summed E-state index contributed by atoms with van der Waals surface area (Å²) < 4.78 is 22.8. The van der Waals surface area contributed by atoms with Crippen molar-refractivity contribution in [2.45, 2.75) is 293 Å². The van der Waals surface area contributed by atoms with Gasteiger partial charge in [-0.3, -0.25) is 4.79 Å². The maximum absolute atomic E-state index is 13.3. The number of amides is 1. The smallest absolute Gasteiger partial charge is 0.220 e. The van der Waals surface area contributed by atoms with Crippen molar-refractivity contribution >= 4 is 5.91 Å². The molecule has 0 aliphatic carbocycles. The van der Waals surface area contributed by atoms with Crippen LogP contribution in [0.5, 0.6) is 0 Å². The van der Waals surface area contributed by atoms with Crippen LogP contribution in [0.1, 0.15) is 219 Å². The summed E-state index contributed by atoms with van der Waals surface area (Å²) in [6.07, 6.45) is 48.6. The molecule has 78 heavy (non-hydrogen) atoms. The summed E-state index contributed by atoms with van der Waals surface area (Å²) in [6.45, 7) is 2.73. The summed E-state index contributed by atoms with van der Waals surface area (Å²) in [7, 11) is 0. The number of allylic oxidation sites excluding steroid dienone is 14. The van der Waals surface area contributed by atoms with E-state index in [0.717, 1.165) is 103 Å². The third-order valence-electron chi connectivity index (χ3n) is 14.6. The molecule has 14 nitrogen and oxygen atoms in total. The van der Waals surface area contributed by atoms with Crippen LogP contribution in [0.25, 0.3) is 0 Å². The molecule has 1 amide bonds. The van der Waals surface area contributed by atoms with Crippen LogP contribution in [0, 0.1) is 0 Å². The fourth-order valence-electron chi connectivity index (χ4n) is 9.69. The highest BCUT2D eigenvalue weighted by atomic mass is 16.7. The van der Waals surface area contributed by atoms with Gasteiger partial charge in [0.05, 0.1) is 32.0 Å². The monoisotopic (exact) mass is 1100 g/mol. The maximum atomic E-state index is 13.3. The number of ether oxygens (including phenoxy) is 4. The Kier molecular flexibility index (Phi) is 44.6. The third-order valence-corrected chi connectivity index (χ3v) is 14.6. The van der Waals surface area contributed by atoms with Crippen LogP contribution in [-0.4, -0.2) is 140 Å². The zero-order valence-corrected chi connectivity index (χ0v) is 48.4. The standard InChI is InChI=1S/C64H111NO13/c1-3-5-7-9-11-13-15-17-19-21-22-23-24-25-26-27-28-29-30-32-34-36-38-40-42-44-46-48-56(69)65-52(53(68)47-45-43-41-39-37-35-33-31-20-18-16-14-12-10-8-6-4-2)51-75-63-61(74)59(72)62(55(50-67)77-63)78-64-60(73)58(71)57(70)54(49-66)76-64/h5,7,11,13,17,19,22-23,25-26,28-29,32,34,52-55,57-64,66-68,70-74H,3-4,6,8-10,12,14-16,18,20-21,24,27,30-31,33,35-51H2,1-2H3,(H,65,69)/b7-5-,13-11-,19-17-,23-22-,26-25-,29-28-,34-32-. The van der Waals surface area contributed by atoms with E-state index in [1.807, 2.05) is 0 Å². The van der Waals surface area contributed by atoms with Crippen LogP contribution < -0.4 is 5.32 Å². The van der Waals surface area contributed by atoms with Gasteiger partial charge in [0.2, 0.25) is 5.91 Å². The molecule has 0 aromatic carbocycles. The highest BCUT2D eigenvalue weighted by molar-refractivity contribution is 5.76. The lowest BCUT2D eigenvalue weighted by molar-refractivity contribution is -0.359. The summed E-state index contributed by atoms with van der Waals surface area (Å²) >= 11 is 0. The van der Waals surface area contributed by atoms with Gasteiger partial charge in [-0.2, -0.15) is 0 Å². The van der Waals surface area contributed by atoms with Crippen molar-refractivity contribution in [1.29, 1.82) is 0 Å². The molecule has 12 atom stereocenters. The number of rotatable bonds is 48. The topological polar surface area (TPSA) is 228 Å². The first-order chi connectivity index (χ1) is 38.1. The van der Waals surface area contributed by atoms with Gasteiger partial charge in [0, 0.05) is 6.42 Å². The number of aliphatic hydroxyl groups is 8. The summed E-state index contributed by atoms with van der Waals surface area (Å²) in [5.74, 6) is -0.228. The van der Waals surface area contributed by atoms with Gasteiger partial charge in [-0.1, -0.05) is 227 Å². The molecule has 0 saturated carbocycles. The SMILES string of the molecule is CC/C=C\C/C=C\C/C=C\C/C=C\C/C=C\C/C=C\C/C=C\CCCCCCCC(=O)NC(COC1OC(CO)C(OC2OC(CO)C(O)C(O)C2O)C(O)C1O)C(O)CCCCCCCCCCCCCCCCCCC. The second-order valence-corrected chi connectivity index (χ2v) is 21.5. The number of hydrogen-bond donors (Lipinski definition) is 9. The minimum Gasteiger partial charge on any atom is -0.394 e. The second-order valence-electron chi connectivity index (χ2n) is 21.5. The molecule has 2 rings (SSSR count).